The molecule has 1 aliphatic heterocycles. The molecule has 1 fully saturated rings. The molecule has 0 aromatic heterocycles. The average molecular weight is 190 g/mol. The van der Waals surface area contributed by atoms with Gasteiger partial charge in [-0.25, -0.2) is 9.59 Å². The molecule has 0 bridgehead atoms. The number of carbonyl (C=O) groups is 2. The van der Waals surface area contributed by atoms with Crippen LogP contribution >= 0.6 is 0 Å². The van der Waals surface area contributed by atoms with Gasteiger partial charge in [0.05, 0.1) is 12.2 Å². The minimum Gasteiger partial charge on any atom is -0.477 e. The van der Waals surface area contributed by atoms with Gasteiger partial charge >= 0.3 is 17.7 Å². The molecule has 2 N–H and O–H groups in total. The lowest BCUT2D eigenvalue weighted by atomic mass is 10.3. The highest BCUT2D eigenvalue weighted by atomic mass is 16.8. The van der Waals surface area contributed by atoms with Crippen LogP contribution in [-0.4, -0.2) is 40.1 Å². The molecule has 2 atom stereocenters. The molecular weight excluding hydrogens is 180 g/mol. The van der Waals surface area contributed by atoms with Crippen LogP contribution in [0.5, 0.6) is 0 Å². The molecule has 1 aliphatic rings. The van der Waals surface area contributed by atoms with Gasteiger partial charge in [0.15, 0.2) is 0 Å². The number of carboxylic acid groups (broad SMARTS) is 2. The van der Waals surface area contributed by atoms with Gasteiger partial charge in [0, 0.05) is 0 Å². The number of aliphatic carboxylic acids is 2. The summed E-state index contributed by atoms with van der Waals surface area (Å²) >= 11 is 0. The lowest BCUT2D eigenvalue weighted by Crippen LogP contribution is -2.48. The van der Waals surface area contributed by atoms with Gasteiger partial charge in [-0.2, -0.15) is 0 Å². The molecule has 6 heteroatoms. The van der Waals surface area contributed by atoms with E-state index in [4.69, 9.17) is 19.7 Å². The Bertz CT molecular complexity index is 221. The highest BCUT2D eigenvalue weighted by Crippen LogP contribution is 2.29. The van der Waals surface area contributed by atoms with E-state index in [1.807, 2.05) is 0 Å². The number of carboxylic acids is 2. The third kappa shape index (κ3) is 1.38. The first kappa shape index (κ1) is 9.94. The maximum atomic E-state index is 10.6. The third-order valence-electron chi connectivity index (χ3n) is 1.93. The predicted octanol–water partition coefficient (Wildman–Crippen LogP) is -0.324. The van der Waals surface area contributed by atoms with E-state index in [0.29, 0.717) is 0 Å². The van der Waals surface area contributed by atoms with Crippen LogP contribution in [0.15, 0.2) is 0 Å². The van der Waals surface area contributed by atoms with Crippen LogP contribution in [0.1, 0.15) is 13.8 Å². The summed E-state index contributed by atoms with van der Waals surface area (Å²) in [6, 6.07) is 0. The maximum Gasteiger partial charge on any atom is 0.377 e. The Morgan fingerprint density at radius 1 is 1.08 bits per heavy atom. The van der Waals surface area contributed by atoms with Crippen molar-refractivity contribution >= 4 is 11.9 Å². The predicted molar refractivity (Wildman–Crippen MR) is 39.1 cm³/mol. The number of hydrogen-bond donors (Lipinski definition) is 2. The largest absolute Gasteiger partial charge is 0.477 e. The van der Waals surface area contributed by atoms with Gasteiger partial charge in [0.1, 0.15) is 0 Å². The van der Waals surface area contributed by atoms with Crippen molar-refractivity contribution in [2.45, 2.75) is 31.8 Å². The average Bonchev–Trinajstić information content (AvgIpc) is 2.29. The van der Waals surface area contributed by atoms with Crippen molar-refractivity contribution in [2.75, 3.05) is 0 Å². The number of hydrogen-bond acceptors (Lipinski definition) is 4. The Labute approximate surface area is 74.1 Å². The van der Waals surface area contributed by atoms with E-state index < -0.39 is 29.9 Å². The minimum absolute atomic E-state index is 0.549. The molecule has 0 spiro atoms. The Morgan fingerprint density at radius 3 is 1.54 bits per heavy atom. The fourth-order valence-electron chi connectivity index (χ4n) is 1.04. The summed E-state index contributed by atoms with van der Waals surface area (Å²) in [4.78, 5) is 21.3. The van der Waals surface area contributed by atoms with E-state index in [9.17, 15) is 9.59 Å². The second kappa shape index (κ2) is 2.97. The van der Waals surface area contributed by atoms with Crippen LogP contribution in [0.25, 0.3) is 0 Å². The second-order valence-electron chi connectivity index (χ2n) is 2.87. The monoisotopic (exact) mass is 190 g/mol. The fraction of sp³-hybridized carbons (Fsp3) is 0.714. The van der Waals surface area contributed by atoms with Crippen molar-refractivity contribution in [1.82, 2.24) is 0 Å². The second-order valence-corrected chi connectivity index (χ2v) is 2.87. The molecule has 1 rings (SSSR count). The van der Waals surface area contributed by atoms with E-state index in [1.54, 1.807) is 13.8 Å². The van der Waals surface area contributed by atoms with Crippen molar-refractivity contribution in [3.8, 4) is 0 Å². The quantitative estimate of drug-likeness (QED) is 0.579. The number of ether oxygens (including phenoxy) is 2. The van der Waals surface area contributed by atoms with Gasteiger partial charge < -0.3 is 19.7 Å². The highest BCUT2D eigenvalue weighted by molar-refractivity contribution is 6.00. The molecule has 0 radical (unpaired) electrons. The molecule has 0 aromatic rings. The fourth-order valence-corrected chi connectivity index (χ4v) is 1.04. The zero-order chi connectivity index (χ0) is 10.2. The molecule has 0 aromatic carbocycles. The maximum absolute atomic E-state index is 10.6. The molecule has 0 aliphatic carbocycles. The first-order valence-corrected chi connectivity index (χ1v) is 3.72. The summed E-state index contributed by atoms with van der Waals surface area (Å²) in [5.74, 6) is -5.81. The molecule has 6 nitrogen and oxygen atoms in total. The smallest absolute Gasteiger partial charge is 0.377 e. The van der Waals surface area contributed by atoms with E-state index in [-0.39, 0.29) is 0 Å². The summed E-state index contributed by atoms with van der Waals surface area (Å²) in [5, 5.41) is 17.3. The zero-order valence-electron chi connectivity index (χ0n) is 7.18. The first-order valence-electron chi connectivity index (χ1n) is 3.72. The van der Waals surface area contributed by atoms with Crippen LogP contribution < -0.4 is 0 Å². The number of rotatable bonds is 2. The third-order valence-corrected chi connectivity index (χ3v) is 1.93. The summed E-state index contributed by atoms with van der Waals surface area (Å²) in [5.41, 5.74) is 0. The standard InChI is InChI=1S/C7H10O6/c1-3-4(2)13-7(12-3,5(8)9)6(10)11/h3-4H,1-2H3,(H,8,9)(H,10,11). The summed E-state index contributed by atoms with van der Waals surface area (Å²) in [6.45, 7) is 3.11. The van der Waals surface area contributed by atoms with Crippen LogP contribution in [0.4, 0.5) is 0 Å². The van der Waals surface area contributed by atoms with Crippen LogP contribution in [-0.2, 0) is 19.1 Å². The van der Waals surface area contributed by atoms with E-state index in [1.165, 1.54) is 0 Å². The Kier molecular flexibility index (Phi) is 2.27. The summed E-state index contributed by atoms with van der Waals surface area (Å²) < 4.78 is 9.53. The Morgan fingerprint density at radius 2 is 1.38 bits per heavy atom. The van der Waals surface area contributed by atoms with Crippen LogP contribution in [0.3, 0.4) is 0 Å². The topological polar surface area (TPSA) is 93.1 Å². The molecule has 1 heterocycles. The van der Waals surface area contributed by atoms with E-state index in [2.05, 4.69) is 0 Å². The van der Waals surface area contributed by atoms with Gasteiger partial charge in [0.2, 0.25) is 0 Å². The molecule has 0 amide bonds. The van der Waals surface area contributed by atoms with E-state index in [0.717, 1.165) is 0 Å². The van der Waals surface area contributed by atoms with Crippen molar-refractivity contribution in [2.24, 2.45) is 0 Å². The first-order chi connectivity index (χ1) is 5.90. The molecule has 74 valence electrons. The van der Waals surface area contributed by atoms with Crippen molar-refractivity contribution < 1.29 is 29.3 Å². The summed E-state index contributed by atoms with van der Waals surface area (Å²) in [7, 11) is 0. The van der Waals surface area contributed by atoms with Crippen molar-refractivity contribution in [1.29, 1.82) is 0 Å². The van der Waals surface area contributed by atoms with Crippen LogP contribution in [0.2, 0.25) is 0 Å². The van der Waals surface area contributed by atoms with Gasteiger partial charge in [-0.3, -0.25) is 0 Å². The SMILES string of the molecule is CC1OC(C(=O)O)(C(=O)O)OC1C. The Balaban J connectivity index is 2.96. The lowest BCUT2D eigenvalue weighted by Gasteiger charge is -2.16. The lowest BCUT2D eigenvalue weighted by molar-refractivity contribution is -0.219. The minimum atomic E-state index is -2.53. The van der Waals surface area contributed by atoms with Gasteiger partial charge in [-0.05, 0) is 13.8 Å². The van der Waals surface area contributed by atoms with Gasteiger partial charge in [-0.1, -0.05) is 0 Å². The van der Waals surface area contributed by atoms with Crippen molar-refractivity contribution in [3.05, 3.63) is 0 Å². The molecule has 0 saturated carbocycles. The Hall–Kier alpha value is -1.14. The zero-order valence-corrected chi connectivity index (χ0v) is 7.18. The molecule has 1 saturated heterocycles. The molecular formula is C7H10O6. The normalized spacial score (nSPS) is 31.5. The molecule has 13 heavy (non-hydrogen) atoms. The molecule has 2 unspecified atom stereocenters. The van der Waals surface area contributed by atoms with E-state index >= 15 is 0 Å². The van der Waals surface area contributed by atoms with Crippen molar-refractivity contribution in [3.63, 3.8) is 0 Å². The highest BCUT2D eigenvalue weighted by Gasteiger charge is 2.57. The van der Waals surface area contributed by atoms with Gasteiger partial charge in [0.25, 0.3) is 0 Å². The van der Waals surface area contributed by atoms with Gasteiger partial charge in [-0.15, -0.1) is 0 Å². The van der Waals surface area contributed by atoms with Crippen LogP contribution in [0, 0.1) is 0 Å². The summed E-state index contributed by atoms with van der Waals surface area (Å²) in [6.07, 6.45) is -1.10.